The van der Waals surface area contributed by atoms with Gasteiger partial charge in [-0.3, -0.25) is 4.79 Å². The summed E-state index contributed by atoms with van der Waals surface area (Å²) < 4.78 is 52.2. The largest absolute Gasteiger partial charge is 0.446 e. The Morgan fingerprint density at radius 2 is 1.94 bits per heavy atom. The Morgan fingerprint density at radius 1 is 1.24 bits per heavy atom. The number of aromatic nitrogens is 1. The zero-order valence-corrected chi connectivity index (χ0v) is 19.7. The summed E-state index contributed by atoms with van der Waals surface area (Å²) in [4.78, 5) is 30.4. The number of nitrogens with one attached hydrogen (secondary N) is 2. The van der Waals surface area contributed by atoms with Crippen LogP contribution in [0.25, 0.3) is 10.2 Å². The summed E-state index contributed by atoms with van der Waals surface area (Å²) in [5.74, 6) is -0.330. The molecule has 4 rings (SSSR count). The molecule has 186 valence electrons. The number of nitrogens with zero attached hydrogens (tertiary/aromatic N) is 2. The van der Waals surface area contributed by atoms with E-state index in [0.29, 0.717) is 32.5 Å². The minimum Gasteiger partial charge on any atom is -0.446 e. The van der Waals surface area contributed by atoms with Crippen molar-refractivity contribution in [1.82, 2.24) is 15.6 Å². The van der Waals surface area contributed by atoms with E-state index in [-0.39, 0.29) is 39.8 Å². The quantitative estimate of drug-likeness (QED) is 0.624. The maximum absolute atomic E-state index is 13.8. The molecule has 12 heteroatoms. The molecule has 8 nitrogen and oxygen atoms in total. The molecule has 2 amide bonds. The second-order valence-electron chi connectivity index (χ2n) is 8.41. The number of hydrogen-bond acceptors (Lipinski definition) is 7. The van der Waals surface area contributed by atoms with Crippen molar-refractivity contribution < 1.29 is 32.2 Å². The molecule has 0 spiro atoms. The van der Waals surface area contributed by atoms with Gasteiger partial charge in [-0.25, -0.2) is 9.78 Å². The number of piperidine rings is 1. The molecule has 2 aromatic rings. The van der Waals surface area contributed by atoms with Gasteiger partial charge in [-0.1, -0.05) is 0 Å². The summed E-state index contributed by atoms with van der Waals surface area (Å²) >= 11 is 0.854. The monoisotopic (exact) mass is 500 g/mol. The lowest BCUT2D eigenvalue weighted by atomic mass is 9.89. The van der Waals surface area contributed by atoms with E-state index in [1.807, 2.05) is 6.92 Å². The number of carbonyl (C=O) groups is 2. The maximum atomic E-state index is 13.8. The molecule has 2 N–H and O–H groups in total. The van der Waals surface area contributed by atoms with Crippen LogP contribution in [0.4, 0.5) is 23.8 Å². The van der Waals surface area contributed by atoms with Gasteiger partial charge in [-0.15, -0.1) is 11.3 Å². The first-order valence-electron chi connectivity index (χ1n) is 11.2. The summed E-state index contributed by atoms with van der Waals surface area (Å²) in [6.45, 7) is 3.33. The van der Waals surface area contributed by atoms with Crippen LogP contribution < -0.4 is 15.5 Å². The van der Waals surface area contributed by atoms with Crippen molar-refractivity contribution in [2.45, 2.75) is 57.0 Å². The number of halogens is 3. The van der Waals surface area contributed by atoms with Crippen molar-refractivity contribution in [2.24, 2.45) is 0 Å². The van der Waals surface area contributed by atoms with Crippen LogP contribution in [0.3, 0.4) is 0 Å². The van der Waals surface area contributed by atoms with E-state index >= 15 is 0 Å². The summed E-state index contributed by atoms with van der Waals surface area (Å²) in [7, 11) is 1.42. The number of amides is 2. The SMILES string of the molecule is CCOC1CC(NC(=O)OC2CCN(c3cc(C(F)(F)F)c4scc(C(=O)NC)c4n3)CC2)C1. The third kappa shape index (κ3) is 5.22. The minimum absolute atomic E-state index is 0.0396. The molecule has 34 heavy (non-hydrogen) atoms. The van der Waals surface area contributed by atoms with Gasteiger partial charge in [-0.2, -0.15) is 13.2 Å². The van der Waals surface area contributed by atoms with E-state index in [0.717, 1.165) is 30.2 Å². The molecular weight excluding hydrogens is 473 g/mol. The molecule has 1 aliphatic heterocycles. The predicted octanol–water partition coefficient (Wildman–Crippen LogP) is 3.94. The topological polar surface area (TPSA) is 92.8 Å². The van der Waals surface area contributed by atoms with Crippen LogP contribution in [-0.2, 0) is 15.7 Å². The van der Waals surface area contributed by atoms with Crippen molar-refractivity contribution in [3.05, 3.63) is 22.6 Å². The highest BCUT2D eigenvalue weighted by Crippen LogP contribution is 2.40. The van der Waals surface area contributed by atoms with Gasteiger partial charge in [-0.05, 0) is 25.8 Å². The lowest BCUT2D eigenvalue weighted by Gasteiger charge is -2.36. The second kappa shape index (κ2) is 9.95. The van der Waals surface area contributed by atoms with E-state index in [4.69, 9.17) is 9.47 Å². The van der Waals surface area contributed by atoms with Crippen molar-refractivity contribution in [1.29, 1.82) is 0 Å². The van der Waals surface area contributed by atoms with Gasteiger partial charge in [0.25, 0.3) is 5.91 Å². The van der Waals surface area contributed by atoms with Crippen LogP contribution >= 0.6 is 11.3 Å². The third-order valence-corrected chi connectivity index (χ3v) is 7.15. The van der Waals surface area contributed by atoms with Gasteiger partial charge in [0.1, 0.15) is 11.9 Å². The maximum Gasteiger partial charge on any atom is 0.417 e. The fraction of sp³-hybridized carbons (Fsp3) is 0.591. The number of fused-ring (bicyclic) bond motifs is 1. The van der Waals surface area contributed by atoms with Crippen molar-refractivity contribution >= 4 is 39.4 Å². The van der Waals surface area contributed by atoms with Gasteiger partial charge >= 0.3 is 12.3 Å². The van der Waals surface area contributed by atoms with E-state index in [1.165, 1.54) is 12.4 Å². The summed E-state index contributed by atoms with van der Waals surface area (Å²) in [5, 5.41) is 6.67. The predicted molar refractivity (Wildman–Crippen MR) is 121 cm³/mol. The van der Waals surface area contributed by atoms with Crippen LogP contribution in [0.2, 0.25) is 0 Å². The number of anilines is 1. The Hall–Kier alpha value is -2.60. The van der Waals surface area contributed by atoms with Crippen molar-refractivity contribution in [3.63, 3.8) is 0 Å². The first-order chi connectivity index (χ1) is 16.2. The summed E-state index contributed by atoms with van der Waals surface area (Å²) in [6, 6.07) is 1.08. The van der Waals surface area contributed by atoms with Crippen LogP contribution in [-0.4, -0.2) is 62.0 Å². The van der Waals surface area contributed by atoms with E-state index in [9.17, 15) is 22.8 Å². The molecule has 2 aromatic heterocycles. The van der Waals surface area contributed by atoms with E-state index < -0.39 is 23.7 Å². The number of ether oxygens (including phenoxy) is 2. The zero-order chi connectivity index (χ0) is 24.5. The molecule has 2 fully saturated rings. The average molecular weight is 501 g/mol. The number of thiophene rings is 1. The Kier molecular flexibility index (Phi) is 7.17. The molecule has 0 aromatic carbocycles. The molecule has 0 bridgehead atoms. The highest BCUT2D eigenvalue weighted by atomic mass is 32.1. The number of alkyl carbamates (subject to hydrolysis) is 1. The zero-order valence-electron chi connectivity index (χ0n) is 18.9. The van der Waals surface area contributed by atoms with Gasteiger partial charge in [0.2, 0.25) is 0 Å². The minimum atomic E-state index is -4.58. The molecular formula is C22H27F3N4O4S. The molecule has 1 saturated carbocycles. The van der Waals surface area contributed by atoms with Gasteiger partial charge in [0, 0.05) is 51.0 Å². The summed E-state index contributed by atoms with van der Waals surface area (Å²) in [6.07, 6.45) is -2.76. The first-order valence-corrected chi connectivity index (χ1v) is 12.1. The van der Waals surface area contributed by atoms with Gasteiger partial charge in [0.15, 0.2) is 0 Å². The smallest absolute Gasteiger partial charge is 0.417 e. The van der Waals surface area contributed by atoms with Crippen LogP contribution in [0.5, 0.6) is 0 Å². The normalized spacial score (nSPS) is 21.3. The standard InChI is InChI=1S/C22H27F3N4O4S/c1-3-32-14-8-12(9-14)27-21(31)33-13-4-6-29(7-5-13)17-10-16(22(23,24)25)19-18(28-17)15(11-34-19)20(30)26-2/h10-14H,3-9H2,1-2H3,(H,26,30)(H,27,31). The highest BCUT2D eigenvalue weighted by Gasteiger charge is 2.36. The Balaban J connectivity index is 1.41. The lowest BCUT2D eigenvalue weighted by molar-refractivity contribution is -0.136. The Bertz CT molecular complexity index is 1050. The molecule has 0 unspecified atom stereocenters. The Morgan fingerprint density at radius 3 is 2.56 bits per heavy atom. The number of pyridine rings is 1. The van der Waals surface area contributed by atoms with Crippen LogP contribution in [0, 0.1) is 0 Å². The number of alkyl halides is 3. The average Bonchev–Trinajstić information content (AvgIpc) is 3.20. The Labute approximate surface area is 198 Å². The highest BCUT2D eigenvalue weighted by molar-refractivity contribution is 7.17. The number of rotatable bonds is 6. The molecule has 3 heterocycles. The van der Waals surface area contributed by atoms with E-state index in [2.05, 4.69) is 15.6 Å². The lowest BCUT2D eigenvalue weighted by Crippen LogP contribution is -2.49. The molecule has 0 atom stereocenters. The molecule has 1 aliphatic carbocycles. The van der Waals surface area contributed by atoms with Gasteiger partial charge in [0.05, 0.1) is 27.4 Å². The first kappa shape index (κ1) is 24.5. The second-order valence-corrected chi connectivity index (χ2v) is 9.29. The van der Waals surface area contributed by atoms with Crippen molar-refractivity contribution in [2.75, 3.05) is 31.6 Å². The number of hydrogen-bond donors (Lipinski definition) is 2. The fourth-order valence-electron chi connectivity index (χ4n) is 4.27. The molecule has 1 saturated heterocycles. The van der Waals surface area contributed by atoms with Gasteiger partial charge < -0.3 is 25.0 Å². The summed E-state index contributed by atoms with van der Waals surface area (Å²) in [5.41, 5.74) is -0.652. The number of carbonyl (C=O) groups excluding carboxylic acids is 2. The van der Waals surface area contributed by atoms with E-state index in [1.54, 1.807) is 4.90 Å². The van der Waals surface area contributed by atoms with Crippen molar-refractivity contribution in [3.8, 4) is 0 Å². The molecule has 2 aliphatic rings. The van der Waals surface area contributed by atoms with Crippen LogP contribution in [0.15, 0.2) is 11.4 Å². The third-order valence-electron chi connectivity index (χ3n) is 6.15. The van der Waals surface area contributed by atoms with Crippen LogP contribution in [0.1, 0.15) is 48.5 Å². The molecule has 0 radical (unpaired) electrons. The fourth-order valence-corrected chi connectivity index (χ4v) is 5.30.